The van der Waals surface area contributed by atoms with E-state index < -0.39 is 40.3 Å². The normalized spacial score (nSPS) is 11.6. The number of carbonyl (C=O) groups is 1. The van der Waals surface area contributed by atoms with Crippen LogP contribution in [-0.4, -0.2) is 11.9 Å². The largest absolute Gasteiger partial charge is 0.349 e. The number of nitrogens with one attached hydrogen (secondary N) is 1. The van der Waals surface area contributed by atoms with Crippen molar-refractivity contribution in [2.24, 2.45) is 11.8 Å². The van der Waals surface area contributed by atoms with Crippen LogP contribution < -0.4 is 5.32 Å². The van der Waals surface area contributed by atoms with Crippen molar-refractivity contribution in [2.45, 2.75) is 40.7 Å². The molecule has 0 saturated heterocycles. The lowest BCUT2D eigenvalue weighted by Gasteiger charge is -2.26. The van der Waals surface area contributed by atoms with Gasteiger partial charge in [-0.05, 0) is 18.8 Å². The summed E-state index contributed by atoms with van der Waals surface area (Å²) in [4.78, 5) is 12.0. The molecular formula is C15H19F4NO. The van der Waals surface area contributed by atoms with E-state index in [4.69, 9.17) is 0 Å². The molecule has 0 fully saturated rings. The Morgan fingerprint density at radius 1 is 0.857 bits per heavy atom. The van der Waals surface area contributed by atoms with E-state index in [1.165, 1.54) is 0 Å². The lowest BCUT2D eigenvalue weighted by atomic mass is 9.93. The first kappa shape index (κ1) is 17.5. The third-order valence-corrected chi connectivity index (χ3v) is 3.44. The highest BCUT2D eigenvalue weighted by Gasteiger charge is 2.29. The maximum Gasteiger partial charge on any atom is 0.257 e. The van der Waals surface area contributed by atoms with E-state index in [1.807, 2.05) is 27.7 Å². The van der Waals surface area contributed by atoms with E-state index in [0.29, 0.717) is 0 Å². The van der Waals surface area contributed by atoms with Gasteiger partial charge in [0.05, 0.1) is 0 Å². The van der Waals surface area contributed by atoms with Crippen molar-refractivity contribution in [1.29, 1.82) is 0 Å². The fraction of sp³-hybridized carbons (Fsp3) is 0.533. The van der Waals surface area contributed by atoms with E-state index in [9.17, 15) is 22.4 Å². The number of hydrogen-bond acceptors (Lipinski definition) is 1. The van der Waals surface area contributed by atoms with Crippen LogP contribution in [0.4, 0.5) is 17.6 Å². The number of benzene rings is 1. The molecule has 118 valence electrons. The van der Waals surface area contributed by atoms with Gasteiger partial charge in [0.25, 0.3) is 5.91 Å². The number of amides is 1. The Hall–Kier alpha value is -1.59. The molecule has 1 aromatic carbocycles. The van der Waals surface area contributed by atoms with Gasteiger partial charge in [-0.1, -0.05) is 27.7 Å². The van der Waals surface area contributed by atoms with Gasteiger partial charge in [-0.15, -0.1) is 0 Å². The van der Waals surface area contributed by atoms with Gasteiger partial charge in [0, 0.05) is 11.6 Å². The third kappa shape index (κ3) is 3.36. The number of halogens is 4. The molecule has 1 rings (SSSR count). The first-order valence-corrected chi connectivity index (χ1v) is 6.72. The Bertz CT molecular complexity index is 518. The van der Waals surface area contributed by atoms with Crippen molar-refractivity contribution in [3.05, 3.63) is 34.4 Å². The molecule has 0 heterocycles. The molecule has 1 aromatic rings. The van der Waals surface area contributed by atoms with E-state index in [0.717, 1.165) is 6.92 Å². The van der Waals surface area contributed by atoms with Crippen molar-refractivity contribution in [2.75, 3.05) is 0 Å². The van der Waals surface area contributed by atoms with E-state index in [1.54, 1.807) is 0 Å². The lowest BCUT2D eigenvalue weighted by Crippen LogP contribution is -2.43. The zero-order valence-electron chi connectivity index (χ0n) is 12.7. The van der Waals surface area contributed by atoms with E-state index in [-0.39, 0.29) is 17.9 Å². The van der Waals surface area contributed by atoms with Crippen LogP contribution in [0.2, 0.25) is 0 Å². The van der Waals surface area contributed by atoms with Gasteiger partial charge in [-0.25, -0.2) is 17.6 Å². The summed E-state index contributed by atoms with van der Waals surface area (Å²) >= 11 is 0. The Labute approximate surface area is 121 Å². The molecule has 0 atom stereocenters. The Morgan fingerprint density at radius 2 is 1.24 bits per heavy atom. The predicted molar refractivity (Wildman–Crippen MR) is 71.9 cm³/mol. The van der Waals surface area contributed by atoms with Gasteiger partial charge in [0.15, 0.2) is 23.3 Å². The predicted octanol–water partition coefficient (Wildman–Crippen LogP) is 3.96. The van der Waals surface area contributed by atoms with Gasteiger partial charge in [0.2, 0.25) is 0 Å². The van der Waals surface area contributed by atoms with Crippen LogP contribution in [0.1, 0.15) is 43.6 Å². The summed E-state index contributed by atoms with van der Waals surface area (Å²) in [7, 11) is 0. The Balaban J connectivity index is 3.26. The molecule has 0 aliphatic carbocycles. The summed E-state index contributed by atoms with van der Waals surface area (Å²) in [5.74, 6) is -7.60. The van der Waals surface area contributed by atoms with Crippen LogP contribution in [0.5, 0.6) is 0 Å². The van der Waals surface area contributed by atoms with Gasteiger partial charge in [0.1, 0.15) is 5.56 Å². The molecule has 0 aliphatic rings. The maximum atomic E-state index is 13.8. The highest BCUT2D eigenvalue weighted by Crippen LogP contribution is 2.24. The number of rotatable bonds is 4. The molecule has 0 unspecified atom stereocenters. The average molecular weight is 305 g/mol. The zero-order valence-corrected chi connectivity index (χ0v) is 12.7. The minimum Gasteiger partial charge on any atom is -0.349 e. The Morgan fingerprint density at radius 3 is 1.57 bits per heavy atom. The molecule has 0 aromatic heterocycles. The number of carbonyl (C=O) groups excluding carboxylic acids is 1. The van der Waals surface area contributed by atoms with Crippen molar-refractivity contribution in [3.8, 4) is 0 Å². The fourth-order valence-electron chi connectivity index (χ4n) is 2.27. The van der Waals surface area contributed by atoms with Gasteiger partial charge >= 0.3 is 0 Å². The monoisotopic (exact) mass is 305 g/mol. The highest BCUT2D eigenvalue weighted by atomic mass is 19.2. The van der Waals surface area contributed by atoms with Crippen molar-refractivity contribution in [3.63, 3.8) is 0 Å². The van der Waals surface area contributed by atoms with Crippen molar-refractivity contribution >= 4 is 5.91 Å². The molecule has 21 heavy (non-hydrogen) atoms. The number of hydrogen-bond donors (Lipinski definition) is 1. The van der Waals surface area contributed by atoms with Crippen LogP contribution in [-0.2, 0) is 0 Å². The SMILES string of the molecule is Cc1c(F)c(F)c(C(=O)NC(C(C)C)C(C)C)c(F)c1F. The zero-order chi connectivity index (χ0) is 16.5. The average Bonchev–Trinajstić information content (AvgIpc) is 2.39. The lowest BCUT2D eigenvalue weighted by molar-refractivity contribution is 0.0899. The molecule has 1 amide bonds. The third-order valence-electron chi connectivity index (χ3n) is 3.44. The minimum atomic E-state index is -1.67. The summed E-state index contributed by atoms with van der Waals surface area (Å²) < 4.78 is 54.5. The van der Waals surface area contributed by atoms with Crippen molar-refractivity contribution < 1.29 is 22.4 Å². The summed E-state index contributed by atoms with van der Waals surface area (Å²) in [6, 6.07) is -0.372. The molecule has 0 saturated carbocycles. The van der Waals surface area contributed by atoms with E-state index in [2.05, 4.69) is 5.32 Å². The van der Waals surface area contributed by atoms with Gasteiger partial charge < -0.3 is 5.32 Å². The second-order valence-corrected chi connectivity index (χ2v) is 5.74. The smallest absolute Gasteiger partial charge is 0.257 e. The molecule has 2 nitrogen and oxygen atoms in total. The van der Waals surface area contributed by atoms with Gasteiger partial charge in [-0.2, -0.15) is 0 Å². The standard InChI is InChI=1S/C15H19F4NO/c1-6(2)14(7(3)4)20-15(21)9-12(18)10(16)8(5)11(17)13(9)19/h6-7,14H,1-5H3,(H,20,21). The van der Waals surface area contributed by atoms with Crippen LogP contribution in [0.25, 0.3) is 0 Å². The fourth-order valence-corrected chi connectivity index (χ4v) is 2.27. The molecule has 6 heteroatoms. The molecule has 0 aliphatic heterocycles. The molecule has 0 radical (unpaired) electrons. The van der Waals surface area contributed by atoms with Gasteiger partial charge in [-0.3, -0.25) is 4.79 Å². The first-order chi connectivity index (χ1) is 9.59. The molecule has 0 bridgehead atoms. The first-order valence-electron chi connectivity index (χ1n) is 6.72. The van der Waals surface area contributed by atoms with Crippen molar-refractivity contribution in [1.82, 2.24) is 5.32 Å². The quantitative estimate of drug-likeness (QED) is 0.662. The van der Waals surface area contributed by atoms with Crippen LogP contribution in [0, 0.1) is 42.0 Å². The minimum absolute atomic E-state index is 0.000199. The second kappa shape index (κ2) is 6.45. The molecule has 1 N–H and O–H groups in total. The highest BCUT2D eigenvalue weighted by molar-refractivity contribution is 5.95. The van der Waals surface area contributed by atoms with Crippen LogP contribution >= 0.6 is 0 Å². The summed E-state index contributed by atoms with van der Waals surface area (Å²) in [6.07, 6.45) is 0. The molecule has 0 spiro atoms. The van der Waals surface area contributed by atoms with E-state index >= 15 is 0 Å². The summed E-state index contributed by atoms with van der Waals surface area (Å²) in [5, 5.41) is 2.44. The molecular weight excluding hydrogens is 286 g/mol. The Kier molecular flexibility index (Phi) is 5.36. The topological polar surface area (TPSA) is 29.1 Å². The summed E-state index contributed by atoms with van der Waals surface area (Å²) in [6.45, 7) is 8.22. The second-order valence-electron chi connectivity index (χ2n) is 5.74. The van der Waals surface area contributed by atoms with Crippen LogP contribution in [0.3, 0.4) is 0 Å². The van der Waals surface area contributed by atoms with Crippen LogP contribution in [0.15, 0.2) is 0 Å². The summed E-state index contributed by atoms with van der Waals surface area (Å²) in [5.41, 5.74) is -2.01. The maximum absolute atomic E-state index is 13.8.